The summed E-state index contributed by atoms with van der Waals surface area (Å²) >= 11 is 1.72. The molecule has 11 heteroatoms. The smallest absolute Gasteiger partial charge is 0.202 e. The number of nitrogens with two attached hydrogens (primary N) is 1. The summed E-state index contributed by atoms with van der Waals surface area (Å²) in [6, 6.07) is 6.75. The number of nitrogens with one attached hydrogen (secondary N) is 1. The van der Waals surface area contributed by atoms with Crippen LogP contribution in [0.2, 0.25) is 0 Å². The maximum atomic E-state index is 14.9. The van der Waals surface area contributed by atoms with Crippen LogP contribution in [0.15, 0.2) is 30.5 Å². The first-order chi connectivity index (χ1) is 16.6. The molecule has 0 fully saturated rings. The molecule has 3 N–H and O–H groups in total. The van der Waals surface area contributed by atoms with Crippen LogP contribution in [0.1, 0.15) is 23.8 Å². The number of halogens is 2. The fourth-order valence-electron chi connectivity index (χ4n) is 3.90. The van der Waals surface area contributed by atoms with E-state index in [4.69, 9.17) is 10.5 Å². The Kier molecular flexibility index (Phi) is 6.20. The molecular weight excluding hydrogens is 460 g/mol. The van der Waals surface area contributed by atoms with Crippen molar-refractivity contribution in [2.45, 2.75) is 26.2 Å². The molecular formula is C23H23F2N7OS. The van der Waals surface area contributed by atoms with Gasteiger partial charge in [-0.15, -0.1) is 16.4 Å². The molecule has 8 nitrogen and oxygen atoms in total. The van der Waals surface area contributed by atoms with Crippen LogP contribution < -0.4 is 15.8 Å². The summed E-state index contributed by atoms with van der Waals surface area (Å²) in [5.41, 5.74) is 8.63. The number of rotatable bonds is 6. The second kappa shape index (κ2) is 9.43. The number of anilines is 1. The van der Waals surface area contributed by atoms with Gasteiger partial charge in [0, 0.05) is 21.5 Å². The van der Waals surface area contributed by atoms with Gasteiger partial charge in [0.05, 0.1) is 12.2 Å². The lowest BCUT2D eigenvalue weighted by Crippen LogP contribution is -2.16. The van der Waals surface area contributed by atoms with Crippen LogP contribution in [0.3, 0.4) is 0 Å². The minimum Gasteiger partial charge on any atom is -0.490 e. The van der Waals surface area contributed by atoms with Gasteiger partial charge < -0.3 is 15.8 Å². The van der Waals surface area contributed by atoms with Gasteiger partial charge in [0.1, 0.15) is 11.5 Å². The van der Waals surface area contributed by atoms with Crippen molar-refractivity contribution in [1.82, 2.24) is 30.5 Å². The normalized spacial score (nSPS) is 13.5. The molecule has 0 amide bonds. The zero-order valence-electron chi connectivity index (χ0n) is 18.5. The van der Waals surface area contributed by atoms with E-state index in [0.717, 1.165) is 41.1 Å². The van der Waals surface area contributed by atoms with Crippen LogP contribution in [0.5, 0.6) is 5.75 Å². The highest BCUT2D eigenvalue weighted by Crippen LogP contribution is 2.36. The van der Waals surface area contributed by atoms with E-state index >= 15 is 0 Å². The number of aromatic nitrogens is 5. The number of ether oxygens (including phenoxy) is 1. The van der Waals surface area contributed by atoms with Crippen LogP contribution in [-0.2, 0) is 12.8 Å². The molecule has 3 aromatic heterocycles. The molecule has 0 spiro atoms. The summed E-state index contributed by atoms with van der Waals surface area (Å²) in [4.78, 5) is 6.75. The molecule has 0 radical (unpaired) electrons. The quantitative estimate of drug-likeness (QED) is 0.430. The number of tetrazole rings is 1. The second-order valence-corrected chi connectivity index (χ2v) is 9.08. The van der Waals surface area contributed by atoms with Crippen LogP contribution in [0.4, 0.5) is 14.6 Å². The third-order valence-electron chi connectivity index (χ3n) is 5.63. The largest absolute Gasteiger partial charge is 0.490 e. The predicted octanol–water partition coefficient (Wildman–Crippen LogP) is 3.79. The monoisotopic (exact) mass is 483 g/mol. The van der Waals surface area contributed by atoms with Crippen LogP contribution in [-0.4, -0.2) is 44.9 Å². The number of thiophene rings is 1. The molecule has 0 saturated heterocycles. The average Bonchev–Trinajstić information content (AvgIpc) is 3.42. The Hall–Kier alpha value is -3.44. The molecule has 0 unspecified atom stereocenters. The first-order valence-electron chi connectivity index (χ1n) is 11.0. The van der Waals surface area contributed by atoms with E-state index in [-0.39, 0.29) is 29.7 Å². The average molecular weight is 484 g/mol. The standard InChI is InChI=1S/C23H23F2N7OS/c1-2-9-33-17-4-3-16(20(24)21(17)25)32-23(29-30-31-32)15-10-14(12-28-22(15)26)19-11-13-5-7-27-8-6-18(13)34-19/h3-4,10-12,27H,2,5-9H2,1H3,(H2,26,28). The molecule has 1 aliphatic heterocycles. The highest BCUT2D eigenvalue weighted by molar-refractivity contribution is 7.15. The van der Waals surface area contributed by atoms with Crippen molar-refractivity contribution < 1.29 is 13.5 Å². The maximum absolute atomic E-state index is 14.9. The van der Waals surface area contributed by atoms with Crippen molar-refractivity contribution in [1.29, 1.82) is 0 Å². The van der Waals surface area contributed by atoms with E-state index in [1.807, 2.05) is 13.0 Å². The van der Waals surface area contributed by atoms with Gasteiger partial charge in [-0.05, 0) is 72.6 Å². The van der Waals surface area contributed by atoms with Gasteiger partial charge in [-0.25, -0.2) is 9.37 Å². The Bertz CT molecular complexity index is 1310. The second-order valence-electron chi connectivity index (χ2n) is 7.94. The van der Waals surface area contributed by atoms with Crippen molar-refractivity contribution in [2.75, 3.05) is 25.4 Å². The molecule has 4 aromatic rings. The van der Waals surface area contributed by atoms with Gasteiger partial charge in [0.15, 0.2) is 17.4 Å². The Morgan fingerprint density at radius 1 is 1.18 bits per heavy atom. The molecule has 5 rings (SSSR count). The molecule has 0 saturated carbocycles. The number of hydrogen-bond acceptors (Lipinski definition) is 8. The highest BCUT2D eigenvalue weighted by atomic mass is 32.1. The fourth-order valence-corrected chi connectivity index (χ4v) is 5.09. The van der Waals surface area contributed by atoms with E-state index in [1.165, 1.54) is 22.6 Å². The number of fused-ring (bicyclic) bond motifs is 1. The zero-order valence-corrected chi connectivity index (χ0v) is 19.3. The number of pyridine rings is 1. The number of nitrogens with zero attached hydrogens (tertiary/aromatic N) is 5. The Morgan fingerprint density at radius 2 is 2.03 bits per heavy atom. The van der Waals surface area contributed by atoms with Crippen molar-refractivity contribution in [3.8, 4) is 33.3 Å². The maximum Gasteiger partial charge on any atom is 0.202 e. The molecule has 1 aromatic carbocycles. The topological polar surface area (TPSA) is 104 Å². The molecule has 0 bridgehead atoms. The van der Waals surface area contributed by atoms with Crippen LogP contribution >= 0.6 is 11.3 Å². The summed E-state index contributed by atoms with van der Waals surface area (Å²) in [5, 5.41) is 15.0. The van der Waals surface area contributed by atoms with E-state index in [1.54, 1.807) is 17.5 Å². The summed E-state index contributed by atoms with van der Waals surface area (Å²) in [7, 11) is 0. The van der Waals surface area contributed by atoms with Gasteiger partial charge in [-0.2, -0.15) is 9.07 Å². The fraction of sp³-hybridized carbons (Fsp3) is 0.304. The van der Waals surface area contributed by atoms with Gasteiger partial charge in [-0.3, -0.25) is 0 Å². The van der Waals surface area contributed by atoms with Gasteiger partial charge >= 0.3 is 0 Å². The molecule has 4 heterocycles. The van der Waals surface area contributed by atoms with Crippen LogP contribution in [0.25, 0.3) is 27.5 Å². The van der Waals surface area contributed by atoms with Crippen LogP contribution in [0, 0.1) is 11.6 Å². The van der Waals surface area contributed by atoms with E-state index in [2.05, 4.69) is 31.9 Å². The lowest BCUT2D eigenvalue weighted by atomic mass is 10.1. The summed E-state index contributed by atoms with van der Waals surface area (Å²) in [6.45, 7) is 4.07. The Balaban J connectivity index is 1.54. The van der Waals surface area contributed by atoms with E-state index < -0.39 is 11.6 Å². The van der Waals surface area contributed by atoms with E-state index in [0.29, 0.717) is 12.0 Å². The molecule has 176 valence electrons. The van der Waals surface area contributed by atoms with Gasteiger partial charge in [-0.1, -0.05) is 6.92 Å². The number of hydrogen-bond donors (Lipinski definition) is 2. The van der Waals surface area contributed by atoms with Crippen molar-refractivity contribution >= 4 is 17.2 Å². The Labute approximate surface area is 198 Å². The number of benzene rings is 1. The third kappa shape index (κ3) is 4.12. The molecule has 0 atom stereocenters. The number of nitrogen functional groups attached to an aromatic ring is 1. The minimum atomic E-state index is -1.11. The van der Waals surface area contributed by atoms with Crippen molar-refractivity contribution in [2.24, 2.45) is 0 Å². The zero-order chi connectivity index (χ0) is 23.7. The van der Waals surface area contributed by atoms with Crippen molar-refractivity contribution in [3.63, 3.8) is 0 Å². The summed E-state index contributed by atoms with van der Waals surface area (Å²) in [6.07, 6.45) is 4.33. The molecule has 1 aliphatic rings. The molecule has 34 heavy (non-hydrogen) atoms. The predicted molar refractivity (Wildman–Crippen MR) is 126 cm³/mol. The third-order valence-corrected chi connectivity index (χ3v) is 6.91. The van der Waals surface area contributed by atoms with Gasteiger partial charge in [0.25, 0.3) is 0 Å². The first-order valence-corrected chi connectivity index (χ1v) is 11.9. The summed E-state index contributed by atoms with van der Waals surface area (Å²) < 4.78 is 35.9. The minimum absolute atomic E-state index is 0.151. The lowest BCUT2D eigenvalue weighted by Gasteiger charge is -2.11. The lowest BCUT2D eigenvalue weighted by molar-refractivity contribution is 0.295. The van der Waals surface area contributed by atoms with E-state index in [9.17, 15) is 8.78 Å². The first kappa shape index (κ1) is 22.4. The SMILES string of the molecule is CCCOc1ccc(-n2nnnc2-c2cc(-c3cc4c(s3)CCNCC4)cnc2N)c(F)c1F. The van der Waals surface area contributed by atoms with Crippen molar-refractivity contribution in [3.05, 3.63) is 52.5 Å². The molecule has 0 aliphatic carbocycles. The van der Waals surface area contributed by atoms with Gasteiger partial charge in [0.2, 0.25) is 5.82 Å². The summed E-state index contributed by atoms with van der Waals surface area (Å²) in [5.74, 6) is -2.02. The highest BCUT2D eigenvalue weighted by Gasteiger charge is 2.22. The Morgan fingerprint density at radius 3 is 2.88 bits per heavy atom.